The summed E-state index contributed by atoms with van der Waals surface area (Å²) in [5.74, 6) is -0.0470. The summed E-state index contributed by atoms with van der Waals surface area (Å²) in [5.41, 5.74) is -1.68. The van der Waals surface area contributed by atoms with E-state index in [9.17, 15) is 15.0 Å². The lowest BCUT2D eigenvalue weighted by atomic mass is 9.54. The lowest BCUT2D eigenvalue weighted by Gasteiger charge is -2.56. The standard InChI is InChI=1S/C15H22O4/c1-8-4-5-11-9(2)12(16)19-15(11)10(8)6-7-14(3,18)13(15)17/h8,10-11,13,17-18H,2,4-7H2,1,3H3/t8-,10+,11+,13+,14-,15-/m1/s1. The van der Waals surface area contributed by atoms with Crippen molar-refractivity contribution in [3.8, 4) is 0 Å². The Morgan fingerprint density at radius 1 is 1.37 bits per heavy atom. The molecule has 3 fully saturated rings. The van der Waals surface area contributed by atoms with Gasteiger partial charge in [0.25, 0.3) is 0 Å². The fourth-order valence-electron chi connectivity index (χ4n) is 4.55. The minimum atomic E-state index is -1.20. The van der Waals surface area contributed by atoms with Crippen molar-refractivity contribution in [2.45, 2.75) is 56.8 Å². The average molecular weight is 266 g/mol. The zero-order valence-electron chi connectivity index (χ0n) is 11.6. The fraction of sp³-hybridized carbons (Fsp3) is 0.800. The van der Waals surface area contributed by atoms with Gasteiger partial charge in [-0.15, -0.1) is 0 Å². The number of hydrogen-bond donors (Lipinski definition) is 2. The molecule has 19 heavy (non-hydrogen) atoms. The molecular formula is C15H22O4. The molecule has 0 aromatic carbocycles. The van der Waals surface area contributed by atoms with Gasteiger partial charge in [-0.05, 0) is 38.5 Å². The molecule has 1 saturated heterocycles. The summed E-state index contributed by atoms with van der Waals surface area (Å²) in [6, 6.07) is 0. The van der Waals surface area contributed by atoms with Crippen molar-refractivity contribution in [3.05, 3.63) is 12.2 Å². The summed E-state index contributed by atoms with van der Waals surface area (Å²) < 4.78 is 5.64. The summed E-state index contributed by atoms with van der Waals surface area (Å²) in [7, 11) is 0. The minimum Gasteiger partial charge on any atom is -0.452 e. The number of carbonyl (C=O) groups is 1. The van der Waals surface area contributed by atoms with Crippen molar-refractivity contribution >= 4 is 5.97 Å². The largest absolute Gasteiger partial charge is 0.452 e. The number of rotatable bonds is 0. The van der Waals surface area contributed by atoms with Crippen LogP contribution in [0.25, 0.3) is 0 Å². The molecule has 106 valence electrons. The van der Waals surface area contributed by atoms with Gasteiger partial charge in [0.05, 0.1) is 5.60 Å². The first-order valence-electron chi connectivity index (χ1n) is 7.13. The van der Waals surface area contributed by atoms with E-state index in [1.807, 2.05) is 0 Å². The van der Waals surface area contributed by atoms with Crippen LogP contribution in [-0.2, 0) is 9.53 Å². The summed E-state index contributed by atoms with van der Waals surface area (Å²) in [4.78, 5) is 11.9. The predicted molar refractivity (Wildman–Crippen MR) is 69.2 cm³/mol. The van der Waals surface area contributed by atoms with Gasteiger partial charge >= 0.3 is 5.97 Å². The number of aliphatic hydroxyl groups excluding tert-OH is 1. The Balaban J connectivity index is 2.11. The van der Waals surface area contributed by atoms with Crippen LogP contribution in [0.4, 0.5) is 0 Å². The number of hydrogen-bond acceptors (Lipinski definition) is 4. The quantitative estimate of drug-likeness (QED) is 0.514. The van der Waals surface area contributed by atoms with Crippen molar-refractivity contribution < 1.29 is 19.7 Å². The van der Waals surface area contributed by atoms with E-state index in [0.29, 0.717) is 17.9 Å². The zero-order valence-corrected chi connectivity index (χ0v) is 11.6. The molecule has 0 aromatic heterocycles. The van der Waals surface area contributed by atoms with Crippen LogP contribution in [0, 0.1) is 17.8 Å². The fourth-order valence-corrected chi connectivity index (χ4v) is 4.55. The Hall–Kier alpha value is -0.870. The highest BCUT2D eigenvalue weighted by molar-refractivity contribution is 5.91. The molecule has 0 amide bonds. The molecule has 0 aromatic rings. The summed E-state index contributed by atoms with van der Waals surface area (Å²) >= 11 is 0. The van der Waals surface area contributed by atoms with Crippen LogP contribution in [0.1, 0.15) is 39.5 Å². The van der Waals surface area contributed by atoms with E-state index < -0.39 is 23.3 Å². The number of aliphatic hydroxyl groups is 2. The smallest absolute Gasteiger partial charge is 0.334 e. The van der Waals surface area contributed by atoms with Crippen LogP contribution in [0.3, 0.4) is 0 Å². The van der Waals surface area contributed by atoms with Gasteiger partial charge in [-0.3, -0.25) is 0 Å². The third kappa shape index (κ3) is 1.50. The average Bonchev–Trinajstić information content (AvgIpc) is 2.59. The summed E-state index contributed by atoms with van der Waals surface area (Å²) in [6.07, 6.45) is 2.11. The second-order valence-corrected chi connectivity index (χ2v) is 6.78. The van der Waals surface area contributed by atoms with Crippen LogP contribution in [0.5, 0.6) is 0 Å². The van der Waals surface area contributed by atoms with Gasteiger partial charge < -0.3 is 14.9 Å². The van der Waals surface area contributed by atoms with Crippen LogP contribution < -0.4 is 0 Å². The monoisotopic (exact) mass is 266 g/mol. The zero-order chi connectivity index (χ0) is 14.0. The van der Waals surface area contributed by atoms with Gasteiger partial charge in [0.1, 0.15) is 6.10 Å². The van der Waals surface area contributed by atoms with Crippen LogP contribution in [0.15, 0.2) is 12.2 Å². The first-order chi connectivity index (χ1) is 8.80. The molecule has 1 heterocycles. The second-order valence-electron chi connectivity index (χ2n) is 6.78. The van der Waals surface area contributed by atoms with E-state index in [1.165, 1.54) is 0 Å². The van der Waals surface area contributed by atoms with Crippen LogP contribution >= 0.6 is 0 Å². The lowest BCUT2D eigenvalue weighted by Crippen LogP contribution is -2.67. The topological polar surface area (TPSA) is 66.8 Å². The number of carbonyl (C=O) groups excluding carboxylic acids is 1. The van der Waals surface area contributed by atoms with Gasteiger partial charge in [-0.25, -0.2) is 4.79 Å². The Kier molecular flexibility index (Phi) is 2.64. The van der Waals surface area contributed by atoms with E-state index in [4.69, 9.17) is 4.74 Å². The van der Waals surface area contributed by atoms with Crippen molar-refractivity contribution in [1.82, 2.24) is 0 Å². The highest BCUT2D eigenvalue weighted by atomic mass is 16.6. The number of esters is 1. The molecule has 0 radical (unpaired) electrons. The Morgan fingerprint density at radius 2 is 2.05 bits per heavy atom. The van der Waals surface area contributed by atoms with Crippen LogP contribution in [-0.4, -0.2) is 33.5 Å². The Bertz CT molecular complexity index is 437. The molecule has 4 nitrogen and oxygen atoms in total. The van der Waals surface area contributed by atoms with Crippen molar-refractivity contribution in [3.63, 3.8) is 0 Å². The Morgan fingerprint density at radius 3 is 2.74 bits per heavy atom. The molecule has 6 atom stereocenters. The molecule has 3 rings (SSSR count). The van der Waals surface area contributed by atoms with Gasteiger partial charge in [-0.2, -0.15) is 0 Å². The predicted octanol–water partition coefficient (Wildman–Crippen LogP) is 1.41. The van der Waals surface area contributed by atoms with Gasteiger partial charge in [0.15, 0.2) is 5.60 Å². The lowest BCUT2D eigenvalue weighted by molar-refractivity contribution is -0.247. The summed E-state index contributed by atoms with van der Waals surface area (Å²) in [5, 5.41) is 21.1. The molecule has 3 aliphatic rings. The molecular weight excluding hydrogens is 244 g/mol. The third-order valence-corrected chi connectivity index (χ3v) is 5.65. The number of ether oxygens (including phenoxy) is 1. The Labute approximate surface area is 113 Å². The molecule has 1 aliphatic heterocycles. The summed E-state index contributed by atoms with van der Waals surface area (Å²) in [6.45, 7) is 7.62. The van der Waals surface area contributed by atoms with E-state index in [0.717, 1.165) is 19.3 Å². The molecule has 2 N–H and O–H groups in total. The van der Waals surface area contributed by atoms with Crippen molar-refractivity contribution in [2.75, 3.05) is 0 Å². The minimum absolute atomic E-state index is 0.115. The highest BCUT2D eigenvalue weighted by Crippen LogP contribution is 2.58. The van der Waals surface area contributed by atoms with Gasteiger partial charge in [-0.1, -0.05) is 13.5 Å². The SMILES string of the molecule is C=C1C(=O)O[C@]23[C@@H](O)[C@](C)(O)CC[C@H]2[C@H](C)CC[C@@H]13. The first-order valence-corrected chi connectivity index (χ1v) is 7.13. The third-order valence-electron chi connectivity index (χ3n) is 5.65. The molecule has 4 heteroatoms. The molecule has 2 aliphatic carbocycles. The van der Waals surface area contributed by atoms with Gasteiger partial charge in [0.2, 0.25) is 0 Å². The normalized spacial score (nSPS) is 53.5. The molecule has 0 unspecified atom stereocenters. The molecule has 0 bridgehead atoms. The van der Waals surface area contributed by atoms with Crippen molar-refractivity contribution in [2.24, 2.45) is 17.8 Å². The first kappa shape index (κ1) is 13.1. The maximum Gasteiger partial charge on any atom is 0.334 e. The molecule has 2 saturated carbocycles. The van der Waals surface area contributed by atoms with Gasteiger partial charge in [0, 0.05) is 17.4 Å². The van der Waals surface area contributed by atoms with E-state index in [2.05, 4.69) is 13.5 Å². The van der Waals surface area contributed by atoms with E-state index in [1.54, 1.807) is 6.92 Å². The maximum absolute atomic E-state index is 11.9. The highest BCUT2D eigenvalue weighted by Gasteiger charge is 2.68. The van der Waals surface area contributed by atoms with Crippen molar-refractivity contribution in [1.29, 1.82) is 0 Å². The molecule has 1 spiro atoms. The van der Waals surface area contributed by atoms with E-state index >= 15 is 0 Å². The van der Waals surface area contributed by atoms with E-state index in [-0.39, 0.29) is 11.8 Å². The second kappa shape index (κ2) is 3.83. The van der Waals surface area contributed by atoms with Crippen LogP contribution in [0.2, 0.25) is 0 Å². The maximum atomic E-state index is 11.9.